The molecule has 0 aliphatic carbocycles. The van der Waals surface area contributed by atoms with Crippen molar-refractivity contribution >= 4 is 11.6 Å². The summed E-state index contributed by atoms with van der Waals surface area (Å²) in [5.41, 5.74) is 2.15. The molecule has 0 saturated carbocycles. The van der Waals surface area contributed by atoms with Gasteiger partial charge in [0.2, 0.25) is 5.91 Å². The molecule has 1 aliphatic heterocycles. The molecule has 4 nitrogen and oxygen atoms in total. The lowest BCUT2D eigenvalue weighted by Gasteiger charge is -2.32. The first-order chi connectivity index (χ1) is 9.69. The lowest BCUT2D eigenvalue weighted by molar-refractivity contribution is -0.116. The fourth-order valence-corrected chi connectivity index (χ4v) is 2.49. The minimum atomic E-state index is 0.116. The molecule has 1 fully saturated rings. The third kappa shape index (κ3) is 4.32. The monoisotopic (exact) mass is 275 g/mol. The number of carbonyl (C=O) groups excluding carboxylic acids is 1. The van der Waals surface area contributed by atoms with Gasteiger partial charge >= 0.3 is 0 Å². The molecule has 1 heterocycles. The lowest BCUT2D eigenvalue weighted by atomic mass is 10.1. The summed E-state index contributed by atoms with van der Waals surface area (Å²) in [6.45, 7) is 7.29. The highest BCUT2D eigenvalue weighted by Gasteiger charge is 2.14. The third-order valence-corrected chi connectivity index (χ3v) is 3.92. The number of rotatable bonds is 5. The minimum absolute atomic E-state index is 0.116. The summed E-state index contributed by atoms with van der Waals surface area (Å²) in [4.78, 5) is 16.7. The van der Waals surface area contributed by atoms with Crippen LogP contribution in [0.1, 0.15) is 18.9 Å². The molecule has 20 heavy (non-hydrogen) atoms. The summed E-state index contributed by atoms with van der Waals surface area (Å²) < 4.78 is 0. The first kappa shape index (κ1) is 15.0. The number of hydrogen-bond donors (Lipinski definition) is 1. The Bertz CT molecular complexity index is 439. The number of piperazine rings is 1. The Hall–Kier alpha value is -1.39. The number of para-hydroxylation sites is 1. The van der Waals surface area contributed by atoms with Crippen molar-refractivity contribution in [3.05, 3.63) is 29.8 Å². The van der Waals surface area contributed by atoms with Gasteiger partial charge in [0.05, 0.1) is 0 Å². The van der Waals surface area contributed by atoms with E-state index in [9.17, 15) is 4.79 Å². The largest absolute Gasteiger partial charge is 0.326 e. The molecule has 0 spiro atoms. The number of carbonyl (C=O) groups is 1. The van der Waals surface area contributed by atoms with Crippen LogP contribution in [0.4, 0.5) is 5.69 Å². The summed E-state index contributed by atoms with van der Waals surface area (Å²) in [6.07, 6.45) is 1.51. The van der Waals surface area contributed by atoms with Crippen LogP contribution >= 0.6 is 0 Å². The molecular formula is C16H25N3O. The Kier molecular flexibility index (Phi) is 5.56. The highest BCUT2D eigenvalue weighted by Crippen LogP contribution is 2.15. The number of nitrogens with one attached hydrogen (secondary N) is 1. The molecule has 0 radical (unpaired) electrons. The zero-order valence-corrected chi connectivity index (χ0v) is 12.6. The van der Waals surface area contributed by atoms with Crippen molar-refractivity contribution in [3.8, 4) is 0 Å². The van der Waals surface area contributed by atoms with Gasteiger partial charge in [-0.1, -0.05) is 25.1 Å². The molecular weight excluding hydrogens is 250 g/mol. The molecule has 2 rings (SSSR count). The molecule has 1 aliphatic rings. The van der Waals surface area contributed by atoms with Crippen molar-refractivity contribution in [2.45, 2.75) is 19.8 Å². The molecule has 0 atom stereocenters. The molecule has 4 heteroatoms. The van der Waals surface area contributed by atoms with Gasteiger partial charge in [0.25, 0.3) is 0 Å². The van der Waals surface area contributed by atoms with Gasteiger partial charge in [-0.25, -0.2) is 0 Å². The highest BCUT2D eigenvalue weighted by atomic mass is 16.1. The predicted molar refractivity (Wildman–Crippen MR) is 83.0 cm³/mol. The van der Waals surface area contributed by atoms with Gasteiger partial charge in [0.15, 0.2) is 0 Å². The van der Waals surface area contributed by atoms with Gasteiger partial charge in [0, 0.05) is 44.8 Å². The molecule has 0 unspecified atom stereocenters. The topological polar surface area (TPSA) is 35.6 Å². The highest BCUT2D eigenvalue weighted by molar-refractivity contribution is 5.91. The fourth-order valence-electron chi connectivity index (χ4n) is 2.49. The van der Waals surface area contributed by atoms with E-state index in [0.29, 0.717) is 6.42 Å². The minimum Gasteiger partial charge on any atom is -0.326 e. The second-order valence-electron chi connectivity index (χ2n) is 5.45. The quantitative estimate of drug-likeness (QED) is 0.890. The summed E-state index contributed by atoms with van der Waals surface area (Å²) in [5.74, 6) is 0.116. The second kappa shape index (κ2) is 7.41. The van der Waals surface area contributed by atoms with Crippen LogP contribution in [0.5, 0.6) is 0 Å². The van der Waals surface area contributed by atoms with Crippen molar-refractivity contribution in [2.75, 3.05) is 45.1 Å². The Balaban J connectivity index is 1.78. The zero-order valence-electron chi connectivity index (χ0n) is 12.6. The van der Waals surface area contributed by atoms with Crippen LogP contribution in [0.3, 0.4) is 0 Å². The van der Waals surface area contributed by atoms with Gasteiger partial charge in [-0.15, -0.1) is 0 Å². The molecule has 110 valence electrons. The second-order valence-corrected chi connectivity index (χ2v) is 5.45. The average molecular weight is 275 g/mol. The molecule has 0 aromatic heterocycles. The number of hydrogen-bond acceptors (Lipinski definition) is 3. The van der Waals surface area contributed by atoms with Crippen molar-refractivity contribution in [1.29, 1.82) is 0 Å². The van der Waals surface area contributed by atoms with Crippen LogP contribution in [-0.2, 0) is 11.2 Å². The zero-order chi connectivity index (χ0) is 14.4. The van der Waals surface area contributed by atoms with Gasteiger partial charge in [0.1, 0.15) is 0 Å². The van der Waals surface area contributed by atoms with E-state index in [4.69, 9.17) is 0 Å². The van der Waals surface area contributed by atoms with Gasteiger partial charge in [-0.05, 0) is 25.1 Å². The van der Waals surface area contributed by atoms with Crippen molar-refractivity contribution in [1.82, 2.24) is 9.80 Å². The predicted octanol–water partition coefficient (Wildman–Crippen LogP) is 1.82. The normalized spacial score (nSPS) is 17.1. The van der Waals surface area contributed by atoms with E-state index >= 15 is 0 Å². The van der Waals surface area contributed by atoms with E-state index in [1.54, 1.807) is 0 Å². The first-order valence-electron chi connectivity index (χ1n) is 7.47. The summed E-state index contributed by atoms with van der Waals surface area (Å²) in [7, 11) is 2.14. The van der Waals surface area contributed by atoms with E-state index in [1.165, 1.54) is 5.56 Å². The maximum atomic E-state index is 12.0. The van der Waals surface area contributed by atoms with Gasteiger partial charge in [-0.2, -0.15) is 0 Å². The average Bonchev–Trinajstić information content (AvgIpc) is 2.47. The van der Waals surface area contributed by atoms with Crippen LogP contribution in [0.2, 0.25) is 0 Å². The van der Waals surface area contributed by atoms with E-state index < -0.39 is 0 Å². The van der Waals surface area contributed by atoms with E-state index in [-0.39, 0.29) is 5.91 Å². The lowest BCUT2D eigenvalue weighted by Crippen LogP contribution is -2.45. The molecule has 1 aromatic carbocycles. The third-order valence-electron chi connectivity index (χ3n) is 3.92. The molecule has 0 bridgehead atoms. The van der Waals surface area contributed by atoms with Crippen LogP contribution in [0, 0.1) is 0 Å². The van der Waals surface area contributed by atoms with Gasteiger partial charge in [-0.3, -0.25) is 4.79 Å². The maximum absolute atomic E-state index is 12.0. The standard InChI is InChI=1S/C16H25N3O/c1-3-14-6-4-5-7-15(14)17-16(20)8-9-19-12-10-18(2)11-13-19/h4-7H,3,8-13H2,1-2H3,(H,17,20). The number of nitrogens with zero attached hydrogens (tertiary/aromatic N) is 2. The molecule has 1 amide bonds. The Morgan fingerprint density at radius 3 is 2.60 bits per heavy atom. The first-order valence-corrected chi connectivity index (χ1v) is 7.47. The van der Waals surface area contributed by atoms with Crippen molar-refractivity contribution < 1.29 is 4.79 Å². The van der Waals surface area contributed by atoms with Crippen LogP contribution in [0.15, 0.2) is 24.3 Å². The number of likely N-dealkylation sites (N-methyl/N-ethyl adjacent to an activating group) is 1. The van der Waals surface area contributed by atoms with Crippen molar-refractivity contribution in [2.24, 2.45) is 0 Å². The SMILES string of the molecule is CCc1ccccc1NC(=O)CCN1CCN(C)CC1. The molecule has 1 aromatic rings. The smallest absolute Gasteiger partial charge is 0.225 e. The van der Waals surface area contributed by atoms with Crippen LogP contribution in [0.25, 0.3) is 0 Å². The number of aryl methyl sites for hydroxylation is 1. The van der Waals surface area contributed by atoms with Gasteiger partial charge < -0.3 is 15.1 Å². The molecule has 1 saturated heterocycles. The number of anilines is 1. The Labute approximate surface area is 121 Å². The number of benzene rings is 1. The maximum Gasteiger partial charge on any atom is 0.225 e. The van der Waals surface area contributed by atoms with Crippen LogP contribution in [-0.4, -0.2) is 55.5 Å². The summed E-state index contributed by atoms with van der Waals surface area (Å²) in [6, 6.07) is 8.02. The Morgan fingerprint density at radius 2 is 1.90 bits per heavy atom. The number of amides is 1. The van der Waals surface area contributed by atoms with E-state index in [1.807, 2.05) is 18.2 Å². The van der Waals surface area contributed by atoms with Crippen LogP contribution < -0.4 is 5.32 Å². The van der Waals surface area contributed by atoms with Crippen molar-refractivity contribution in [3.63, 3.8) is 0 Å². The Morgan fingerprint density at radius 1 is 1.20 bits per heavy atom. The fraction of sp³-hybridized carbons (Fsp3) is 0.562. The summed E-state index contributed by atoms with van der Waals surface area (Å²) >= 11 is 0. The summed E-state index contributed by atoms with van der Waals surface area (Å²) in [5, 5.41) is 3.03. The molecule has 1 N–H and O–H groups in total. The van der Waals surface area contributed by atoms with E-state index in [0.717, 1.165) is 44.8 Å². The van der Waals surface area contributed by atoms with E-state index in [2.05, 4.69) is 35.2 Å².